The third-order valence-corrected chi connectivity index (χ3v) is 5.96. The fourth-order valence-electron chi connectivity index (χ4n) is 4.51. The summed E-state index contributed by atoms with van der Waals surface area (Å²) in [5.74, 6) is 0. The second-order valence-corrected chi connectivity index (χ2v) is 8.99. The van der Waals surface area contributed by atoms with Crippen molar-refractivity contribution in [2.24, 2.45) is 0 Å². The molecule has 1 radical (unpaired) electrons. The number of rotatable bonds is 2. The molecule has 0 bridgehead atoms. The molecule has 0 nitrogen and oxygen atoms in total. The standard InChI is InChI=1S/2C16H13.C3H7.4CH3.2Zr/c2*1-12-10-14-8-5-9-15(16(14)11-12)13-6-3-2-4-7-13;1-3-2;;;;;;/h2*2-11H,1H3;3H,1-2H3;4*1H3;;/q7*-1;+3;+4. The molecule has 0 N–H and O–H groups in total. The molecule has 0 aliphatic rings. The SMILES string of the molecule is C[CH-]C.Cc1cc2c(-c3ccccc3)cccc2[cH-]1.Cc1cc2c(-c3ccccc3)cccc2[cH-]1.[CH3-].[CH3-].[CH3-].[CH3-].[Zr+3].[Zr+4]. The Morgan fingerprint density at radius 3 is 1.12 bits per heavy atom. The zero-order chi connectivity index (χ0) is 24.6. The Bertz CT molecular complexity index is 1370. The Labute approximate surface area is 290 Å². The van der Waals surface area contributed by atoms with Crippen molar-refractivity contribution in [1.82, 2.24) is 0 Å². The molecule has 0 heterocycles. The van der Waals surface area contributed by atoms with Crippen molar-refractivity contribution >= 4 is 21.5 Å². The molecule has 0 aliphatic heterocycles. The van der Waals surface area contributed by atoms with Gasteiger partial charge in [0.2, 0.25) is 0 Å². The van der Waals surface area contributed by atoms with Crippen LogP contribution < -0.4 is 0 Å². The Kier molecular flexibility index (Phi) is 22.8. The van der Waals surface area contributed by atoms with E-state index in [1.807, 2.05) is 20.3 Å². The van der Waals surface area contributed by atoms with Gasteiger partial charge in [-0.25, -0.2) is 0 Å². The smallest absolute Gasteiger partial charge is 0.358 e. The molecule has 0 fully saturated rings. The first-order valence-electron chi connectivity index (χ1n) is 12.3. The van der Waals surface area contributed by atoms with E-state index in [1.165, 1.54) is 54.9 Å². The van der Waals surface area contributed by atoms with Gasteiger partial charge in [-0.1, -0.05) is 97.8 Å². The van der Waals surface area contributed by atoms with E-state index in [1.54, 1.807) is 0 Å². The van der Waals surface area contributed by atoms with Crippen molar-refractivity contribution in [3.8, 4) is 22.3 Å². The molecule has 0 saturated carbocycles. The third kappa shape index (κ3) is 11.2. The number of fused-ring (bicyclic) bond motifs is 2. The van der Waals surface area contributed by atoms with Gasteiger partial charge in [-0.05, 0) is 11.1 Å². The number of aryl methyl sites for hydroxylation is 2. The van der Waals surface area contributed by atoms with Gasteiger partial charge < -0.3 is 36.1 Å². The van der Waals surface area contributed by atoms with Gasteiger partial charge in [-0.15, -0.1) is 69.1 Å². The van der Waals surface area contributed by atoms with Crippen molar-refractivity contribution in [3.63, 3.8) is 0 Å². The van der Waals surface area contributed by atoms with Gasteiger partial charge in [0.1, 0.15) is 0 Å². The minimum Gasteiger partial charge on any atom is -0.358 e. The molecule has 0 saturated heterocycles. The number of benzene rings is 4. The zero-order valence-electron chi connectivity index (χ0n) is 26.1. The van der Waals surface area contributed by atoms with Gasteiger partial charge in [-0.3, -0.25) is 0 Å². The summed E-state index contributed by atoms with van der Waals surface area (Å²) in [5, 5.41) is 5.37. The Balaban J connectivity index is -0.000000567. The van der Waals surface area contributed by atoms with E-state index in [-0.39, 0.29) is 82.1 Å². The molecule has 41 heavy (non-hydrogen) atoms. The maximum atomic E-state index is 2.26. The van der Waals surface area contributed by atoms with Gasteiger partial charge >= 0.3 is 52.4 Å². The van der Waals surface area contributed by atoms with E-state index in [4.69, 9.17) is 0 Å². The summed E-state index contributed by atoms with van der Waals surface area (Å²) < 4.78 is 0. The molecule has 6 aromatic rings. The minimum atomic E-state index is 0. The topological polar surface area (TPSA) is 0 Å². The van der Waals surface area contributed by atoms with Crippen molar-refractivity contribution in [2.45, 2.75) is 27.7 Å². The maximum Gasteiger partial charge on any atom is 4.00 e. The third-order valence-electron chi connectivity index (χ3n) is 5.96. The van der Waals surface area contributed by atoms with Crippen LogP contribution in [0.4, 0.5) is 0 Å². The number of hydrogen-bond acceptors (Lipinski definition) is 0. The fraction of sp³-hybridized carbons (Fsp3) is 0.103. The van der Waals surface area contributed by atoms with Crippen molar-refractivity contribution in [3.05, 3.63) is 169 Å². The summed E-state index contributed by atoms with van der Waals surface area (Å²) >= 11 is 0. The molecule has 0 atom stereocenters. The minimum absolute atomic E-state index is 0. The molecule has 6 aromatic carbocycles. The van der Waals surface area contributed by atoms with Crippen LogP contribution in [-0.4, -0.2) is 0 Å². The normalized spacial score (nSPS) is 8.88. The van der Waals surface area contributed by atoms with Crippen LogP contribution in [0, 0.1) is 50.0 Å². The average Bonchev–Trinajstić information content (AvgIpc) is 3.46. The Hall–Kier alpha value is -2.13. The Morgan fingerprint density at radius 1 is 0.488 bits per heavy atom. The summed E-state index contributed by atoms with van der Waals surface area (Å²) in [6.45, 7) is 8.30. The molecule has 209 valence electrons. The van der Waals surface area contributed by atoms with E-state index in [2.05, 4.69) is 135 Å². The molecule has 2 heteroatoms. The van der Waals surface area contributed by atoms with Crippen LogP contribution in [0.2, 0.25) is 0 Å². The van der Waals surface area contributed by atoms with Crippen molar-refractivity contribution < 1.29 is 52.4 Å². The fourth-order valence-corrected chi connectivity index (χ4v) is 4.51. The molecular formula is C39H45Zr2. The maximum absolute atomic E-state index is 2.26. The van der Waals surface area contributed by atoms with E-state index >= 15 is 0 Å². The van der Waals surface area contributed by atoms with E-state index in [0.29, 0.717) is 0 Å². The molecule has 0 aromatic heterocycles. The number of hydrogen-bond donors (Lipinski definition) is 0. The molecule has 6 rings (SSSR count). The van der Waals surface area contributed by atoms with Crippen LogP contribution in [0.15, 0.2) is 121 Å². The molecular weight excluding hydrogens is 651 g/mol. The first-order valence-corrected chi connectivity index (χ1v) is 12.3. The summed E-state index contributed by atoms with van der Waals surface area (Å²) in [6, 6.07) is 43.1. The van der Waals surface area contributed by atoms with E-state index < -0.39 is 0 Å². The summed E-state index contributed by atoms with van der Waals surface area (Å²) in [5.41, 5.74) is 7.89. The van der Waals surface area contributed by atoms with Crippen LogP contribution in [0.5, 0.6) is 0 Å². The van der Waals surface area contributed by atoms with Gasteiger partial charge in [0.15, 0.2) is 0 Å². The molecule has 0 unspecified atom stereocenters. The van der Waals surface area contributed by atoms with Gasteiger partial charge in [0.05, 0.1) is 0 Å². The van der Waals surface area contributed by atoms with Crippen LogP contribution >= 0.6 is 0 Å². The van der Waals surface area contributed by atoms with Crippen LogP contribution in [0.25, 0.3) is 43.8 Å². The van der Waals surface area contributed by atoms with Crippen LogP contribution in [0.3, 0.4) is 0 Å². The van der Waals surface area contributed by atoms with Crippen molar-refractivity contribution in [2.75, 3.05) is 0 Å². The second-order valence-electron chi connectivity index (χ2n) is 8.99. The summed E-state index contributed by atoms with van der Waals surface area (Å²) in [7, 11) is 0. The van der Waals surface area contributed by atoms with Gasteiger partial charge in [-0.2, -0.15) is 26.0 Å². The van der Waals surface area contributed by atoms with Crippen molar-refractivity contribution in [1.29, 1.82) is 0 Å². The largest absolute Gasteiger partial charge is 4.00 e. The van der Waals surface area contributed by atoms with Crippen LogP contribution in [0.1, 0.15) is 25.0 Å². The predicted octanol–water partition coefficient (Wildman–Crippen LogP) is 12.1. The predicted molar refractivity (Wildman–Crippen MR) is 181 cm³/mol. The quantitative estimate of drug-likeness (QED) is 0.158. The van der Waals surface area contributed by atoms with E-state index in [0.717, 1.165) is 0 Å². The van der Waals surface area contributed by atoms with Crippen LogP contribution in [-0.2, 0) is 52.4 Å². The first kappa shape index (κ1) is 43.3. The monoisotopic (exact) mass is 693 g/mol. The molecule has 0 amide bonds. The first-order chi connectivity index (χ1) is 17.1. The van der Waals surface area contributed by atoms with E-state index in [9.17, 15) is 0 Å². The van der Waals surface area contributed by atoms with Gasteiger partial charge in [0.25, 0.3) is 0 Å². The summed E-state index contributed by atoms with van der Waals surface area (Å²) in [4.78, 5) is 0. The zero-order valence-corrected chi connectivity index (χ0v) is 31.0. The average molecular weight is 696 g/mol. The molecule has 0 aliphatic carbocycles. The van der Waals surface area contributed by atoms with Gasteiger partial charge in [0, 0.05) is 0 Å². The molecule has 0 spiro atoms. The second kappa shape index (κ2) is 21.6. The Morgan fingerprint density at radius 2 is 0.805 bits per heavy atom. The summed E-state index contributed by atoms with van der Waals surface area (Å²) in [6.07, 6.45) is 2.00.